The molecule has 7 nitrogen and oxygen atoms in total. The van der Waals surface area contributed by atoms with Crippen molar-refractivity contribution in [3.63, 3.8) is 0 Å². The highest BCUT2D eigenvalue weighted by atomic mass is 79.9. The van der Waals surface area contributed by atoms with E-state index in [0.29, 0.717) is 28.7 Å². The van der Waals surface area contributed by atoms with Crippen LogP contribution in [-0.4, -0.2) is 32.5 Å². The number of aliphatic hydroxyl groups excluding tert-OH is 1. The summed E-state index contributed by atoms with van der Waals surface area (Å²) in [4.78, 5) is 28.2. The van der Waals surface area contributed by atoms with Gasteiger partial charge in [0.2, 0.25) is 0 Å². The third kappa shape index (κ3) is 4.01. The number of carbonyl (C=O) groups excluding carboxylic acids is 1. The number of nitrogens with one attached hydrogen (secondary N) is 1. The number of nitrogens with zero attached hydrogens (tertiary/aromatic N) is 2. The van der Waals surface area contributed by atoms with E-state index in [1.807, 2.05) is 54.6 Å². The van der Waals surface area contributed by atoms with Crippen molar-refractivity contribution in [3.8, 4) is 5.69 Å². The molecule has 2 heterocycles. The second-order valence-electron chi connectivity index (χ2n) is 9.02. The summed E-state index contributed by atoms with van der Waals surface area (Å²) in [6, 6.07) is 20.2. The van der Waals surface area contributed by atoms with Crippen molar-refractivity contribution in [2.24, 2.45) is 5.92 Å². The molecule has 1 amide bonds. The Balaban J connectivity index is 1.51. The molecule has 0 unspecified atom stereocenters. The van der Waals surface area contributed by atoms with Gasteiger partial charge in [-0.2, -0.15) is 0 Å². The second kappa shape index (κ2) is 9.54. The molecular formula is C28H26BrN3O4. The van der Waals surface area contributed by atoms with Gasteiger partial charge in [-0.3, -0.25) is 14.7 Å². The Hall–Kier alpha value is -3.46. The first kappa shape index (κ1) is 24.2. The summed E-state index contributed by atoms with van der Waals surface area (Å²) in [5.74, 6) is -0.921. The molecule has 184 valence electrons. The molecule has 0 spiro atoms. The maximum Gasteiger partial charge on any atom is 0.279 e. The molecule has 3 N–H and O–H groups in total. The van der Waals surface area contributed by atoms with E-state index < -0.39 is 17.4 Å². The van der Waals surface area contributed by atoms with Gasteiger partial charge < -0.3 is 15.1 Å². The van der Waals surface area contributed by atoms with E-state index >= 15 is 0 Å². The fourth-order valence-electron chi connectivity index (χ4n) is 4.81. The van der Waals surface area contributed by atoms with Crippen LogP contribution in [0.4, 0.5) is 5.69 Å². The lowest BCUT2D eigenvalue weighted by Crippen LogP contribution is -2.44. The van der Waals surface area contributed by atoms with E-state index in [2.05, 4.69) is 21.0 Å². The number of hydrogen-bond donors (Lipinski definition) is 3. The van der Waals surface area contributed by atoms with Crippen LogP contribution in [0.3, 0.4) is 0 Å². The third-order valence-corrected chi connectivity index (χ3v) is 7.21. The number of para-hydroxylation sites is 1. The predicted octanol–water partition coefficient (Wildman–Crippen LogP) is 4.39. The monoisotopic (exact) mass is 547 g/mol. The van der Waals surface area contributed by atoms with Gasteiger partial charge in [-0.25, -0.2) is 4.68 Å². The number of fused-ring (bicyclic) bond motifs is 2. The number of hydrogen-bond acceptors (Lipinski definition) is 4. The van der Waals surface area contributed by atoms with Crippen molar-refractivity contribution in [1.82, 2.24) is 9.78 Å². The first-order valence-corrected chi connectivity index (χ1v) is 12.5. The van der Waals surface area contributed by atoms with E-state index in [0.717, 1.165) is 15.6 Å². The molecule has 3 aromatic carbocycles. The average molecular weight is 548 g/mol. The van der Waals surface area contributed by atoms with E-state index in [1.165, 1.54) is 4.68 Å². The topological polar surface area (TPSA) is 98.6 Å². The van der Waals surface area contributed by atoms with E-state index in [9.17, 15) is 14.7 Å². The van der Waals surface area contributed by atoms with Crippen LogP contribution >= 0.6 is 15.9 Å². The molecule has 8 heteroatoms. The number of amides is 1. The van der Waals surface area contributed by atoms with Gasteiger partial charge in [0.15, 0.2) is 5.60 Å². The maximum absolute atomic E-state index is 13.7. The third-order valence-electron chi connectivity index (χ3n) is 6.71. The van der Waals surface area contributed by atoms with Crippen molar-refractivity contribution in [3.05, 3.63) is 105 Å². The van der Waals surface area contributed by atoms with E-state index in [4.69, 9.17) is 5.11 Å². The number of rotatable bonds is 7. The molecular weight excluding hydrogens is 522 g/mol. The molecule has 1 aliphatic rings. The summed E-state index contributed by atoms with van der Waals surface area (Å²) in [5.41, 5.74) is 1.51. The van der Waals surface area contributed by atoms with Crippen LogP contribution in [0.2, 0.25) is 0 Å². The molecule has 36 heavy (non-hydrogen) atoms. The summed E-state index contributed by atoms with van der Waals surface area (Å²) in [6.07, 6.45) is 3.99. The Bertz CT molecular complexity index is 1540. The summed E-state index contributed by atoms with van der Waals surface area (Å²) in [7, 11) is 0. The fourth-order valence-corrected chi connectivity index (χ4v) is 5.17. The molecule has 2 atom stereocenters. The van der Waals surface area contributed by atoms with Crippen molar-refractivity contribution in [1.29, 1.82) is 0 Å². The number of aliphatic hydroxyl groups is 2. The normalized spacial score (nSPS) is 18.3. The zero-order valence-corrected chi connectivity index (χ0v) is 21.3. The minimum absolute atomic E-state index is 0.000343. The Morgan fingerprint density at radius 2 is 1.89 bits per heavy atom. The minimum Gasteiger partial charge on any atom is -0.396 e. The van der Waals surface area contributed by atoms with Gasteiger partial charge >= 0.3 is 0 Å². The number of H-pyrrole nitrogens is 1. The fraction of sp³-hybridized carbons (Fsp3) is 0.214. The van der Waals surface area contributed by atoms with Crippen LogP contribution in [0.15, 0.2) is 88.1 Å². The standard InChI is InChI=1S/C28H26BrN3O4/c1-18(7-4-5-14-33)28(36)23-16-20(29)12-13-25(23)31(27(28)35)17-19-8-6-9-21(15-19)32-26(34)22-10-2-3-11-24(22)30-32/h2-4,6-13,15-16,18,30,33,36H,5,14,17H2,1H3/b7-4+/t18-,28+/m0/s1. The SMILES string of the molecule is C[C@@H](/C=C/CCO)[C@]1(O)C(=O)N(Cc2cccc(-n3[nH]c4ccccc4c3=O)c2)c2ccc(Br)cc21. The summed E-state index contributed by atoms with van der Waals surface area (Å²) >= 11 is 3.47. The Morgan fingerprint density at radius 3 is 2.67 bits per heavy atom. The molecule has 1 aliphatic heterocycles. The molecule has 5 rings (SSSR count). The highest BCUT2D eigenvalue weighted by Crippen LogP contribution is 2.46. The van der Waals surface area contributed by atoms with Gasteiger partial charge in [-0.1, -0.05) is 59.3 Å². The average Bonchev–Trinajstić information content (AvgIpc) is 3.32. The Kier molecular flexibility index (Phi) is 6.42. The minimum atomic E-state index is -1.74. The summed E-state index contributed by atoms with van der Waals surface area (Å²) < 4.78 is 2.26. The maximum atomic E-state index is 13.7. The number of anilines is 1. The molecule has 0 aliphatic carbocycles. The lowest BCUT2D eigenvalue weighted by atomic mass is 9.83. The van der Waals surface area contributed by atoms with Crippen LogP contribution < -0.4 is 10.5 Å². The molecule has 0 saturated heterocycles. The van der Waals surface area contributed by atoms with Crippen molar-refractivity contribution < 1.29 is 15.0 Å². The van der Waals surface area contributed by atoms with Gasteiger partial charge in [0.1, 0.15) is 0 Å². The van der Waals surface area contributed by atoms with Crippen molar-refractivity contribution >= 4 is 38.4 Å². The second-order valence-corrected chi connectivity index (χ2v) is 9.93. The summed E-state index contributed by atoms with van der Waals surface area (Å²) in [5, 5.41) is 24.6. The number of benzene rings is 3. The predicted molar refractivity (Wildman–Crippen MR) is 143 cm³/mol. The Labute approximate surface area is 216 Å². The highest BCUT2D eigenvalue weighted by Gasteiger charge is 2.52. The van der Waals surface area contributed by atoms with Crippen LogP contribution in [0.25, 0.3) is 16.6 Å². The van der Waals surface area contributed by atoms with Crippen LogP contribution in [0.1, 0.15) is 24.5 Å². The summed E-state index contributed by atoms with van der Waals surface area (Å²) in [6.45, 7) is 2.02. The molecule has 0 saturated carbocycles. The number of halogens is 1. The van der Waals surface area contributed by atoms with Crippen LogP contribution in [0.5, 0.6) is 0 Å². The molecule has 0 fully saturated rings. The largest absolute Gasteiger partial charge is 0.396 e. The molecule has 0 radical (unpaired) electrons. The van der Waals surface area contributed by atoms with Gasteiger partial charge in [0, 0.05) is 22.6 Å². The van der Waals surface area contributed by atoms with Crippen LogP contribution in [-0.2, 0) is 16.9 Å². The zero-order chi connectivity index (χ0) is 25.4. The first-order valence-electron chi connectivity index (χ1n) is 11.8. The molecule has 4 aromatic rings. The smallest absolute Gasteiger partial charge is 0.279 e. The quantitative estimate of drug-likeness (QED) is 0.299. The van der Waals surface area contributed by atoms with Gasteiger partial charge in [-0.05, 0) is 54.4 Å². The van der Waals surface area contributed by atoms with Crippen LogP contribution in [0, 0.1) is 5.92 Å². The number of aromatic amines is 1. The first-order chi connectivity index (χ1) is 17.3. The number of aromatic nitrogens is 2. The highest BCUT2D eigenvalue weighted by molar-refractivity contribution is 9.10. The lowest BCUT2D eigenvalue weighted by molar-refractivity contribution is -0.139. The lowest BCUT2D eigenvalue weighted by Gasteiger charge is -2.27. The Morgan fingerprint density at radius 1 is 1.08 bits per heavy atom. The van der Waals surface area contributed by atoms with E-state index in [-0.39, 0.29) is 18.7 Å². The number of carbonyl (C=O) groups is 1. The zero-order valence-electron chi connectivity index (χ0n) is 19.7. The van der Waals surface area contributed by atoms with Gasteiger partial charge in [-0.15, -0.1) is 0 Å². The molecule has 0 bridgehead atoms. The van der Waals surface area contributed by atoms with E-state index in [1.54, 1.807) is 36.1 Å². The van der Waals surface area contributed by atoms with Gasteiger partial charge in [0.05, 0.1) is 28.8 Å². The van der Waals surface area contributed by atoms with Crippen molar-refractivity contribution in [2.45, 2.75) is 25.5 Å². The van der Waals surface area contributed by atoms with Crippen molar-refractivity contribution in [2.75, 3.05) is 11.5 Å². The van der Waals surface area contributed by atoms with Gasteiger partial charge in [0.25, 0.3) is 11.5 Å². The molecule has 1 aromatic heterocycles.